The summed E-state index contributed by atoms with van der Waals surface area (Å²) in [6.45, 7) is 2.35. The van der Waals surface area contributed by atoms with Crippen LogP contribution in [0.25, 0.3) is 10.2 Å². The highest BCUT2D eigenvalue weighted by molar-refractivity contribution is 7.90. The molecule has 1 aromatic heterocycles. The second-order valence-corrected chi connectivity index (χ2v) is 7.82. The van der Waals surface area contributed by atoms with Gasteiger partial charge in [-0.05, 0) is 36.2 Å². The summed E-state index contributed by atoms with van der Waals surface area (Å²) in [5.74, 6) is 2.57. The Hall–Kier alpha value is -2.36. The monoisotopic (exact) mass is 356 g/mol. The predicted molar refractivity (Wildman–Crippen MR) is 97.2 cm³/mol. The van der Waals surface area contributed by atoms with Gasteiger partial charge in [-0.15, -0.1) is 10.8 Å². The molecule has 0 unspecified atom stereocenters. The Morgan fingerprint density at radius 3 is 2.62 bits per heavy atom. The summed E-state index contributed by atoms with van der Waals surface area (Å²) in [6.07, 6.45) is 6.37. The molecule has 2 aromatic carbocycles. The van der Waals surface area contributed by atoms with E-state index in [1.54, 1.807) is 22.8 Å². The third-order valence-corrected chi connectivity index (χ3v) is 6.08. The lowest BCUT2D eigenvalue weighted by molar-refractivity contribution is 0.596. The molecule has 0 atom stereocenters. The Morgan fingerprint density at radius 1 is 1.21 bits per heavy atom. The number of rotatable bonds is 4. The van der Waals surface area contributed by atoms with Crippen molar-refractivity contribution in [3.8, 4) is 12.3 Å². The number of nitrogens with zero attached hydrogens (tertiary/aromatic N) is 2. The number of aryl methyl sites for hydroxylation is 1. The summed E-state index contributed by atoms with van der Waals surface area (Å²) in [4.78, 5) is 0.559. The molecule has 6 heteroatoms. The molecule has 0 saturated heterocycles. The van der Waals surface area contributed by atoms with Crippen LogP contribution in [0.5, 0.6) is 0 Å². The van der Waals surface area contributed by atoms with Gasteiger partial charge in [-0.1, -0.05) is 48.4 Å². The maximum absolute atomic E-state index is 12.5. The summed E-state index contributed by atoms with van der Waals surface area (Å²) >= 11 is 1.34. The van der Waals surface area contributed by atoms with E-state index in [1.807, 2.05) is 12.1 Å². The molecule has 1 heterocycles. The molecule has 3 rings (SSSR count). The summed E-state index contributed by atoms with van der Waals surface area (Å²) < 4.78 is 31.8. The van der Waals surface area contributed by atoms with Gasteiger partial charge in [0.05, 0.1) is 21.7 Å². The second kappa shape index (κ2) is 6.63. The first kappa shape index (κ1) is 16.5. The fraction of sp³-hybridized carbons (Fsp3) is 0.167. The van der Waals surface area contributed by atoms with Crippen molar-refractivity contribution in [2.75, 3.05) is 0 Å². The first-order chi connectivity index (χ1) is 11.5. The van der Waals surface area contributed by atoms with Crippen molar-refractivity contribution in [2.24, 2.45) is 4.40 Å². The minimum atomic E-state index is -3.77. The van der Waals surface area contributed by atoms with Crippen LogP contribution in [0.4, 0.5) is 0 Å². The van der Waals surface area contributed by atoms with Crippen molar-refractivity contribution in [3.63, 3.8) is 0 Å². The van der Waals surface area contributed by atoms with Gasteiger partial charge in [-0.25, -0.2) is 0 Å². The van der Waals surface area contributed by atoms with Gasteiger partial charge in [0.15, 0.2) is 0 Å². The molecule has 0 saturated carbocycles. The number of sulfonamides is 1. The van der Waals surface area contributed by atoms with Crippen molar-refractivity contribution in [3.05, 3.63) is 58.9 Å². The molecule has 0 aliphatic carbocycles. The normalized spacial score (nSPS) is 12.4. The number of hydrogen-bond donors (Lipinski definition) is 0. The van der Waals surface area contributed by atoms with Gasteiger partial charge in [-0.2, -0.15) is 8.42 Å². The third kappa shape index (κ3) is 3.14. The molecule has 122 valence electrons. The maximum Gasteiger partial charge on any atom is 0.285 e. The first-order valence-electron chi connectivity index (χ1n) is 7.47. The Labute approximate surface area is 145 Å². The molecule has 0 radical (unpaired) electrons. The number of hydrogen-bond acceptors (Lipinski definition) is 3. The minimum Gasteiger partial charge on any atom is -0.304 e. The Kier molecular flexibility index (Phi) is 4.56. The highest BCUT2D eigenvalue weighted by Crippen LogP contribution is 2.20. The lowest BCUT2D eigenvalue weighted by atomic mass is 10.2. The van der Waals surface area contributed by atoms with Crippen molar-refractivity contribution >= 4 is 31.6 Å². The summed E-state index contributed by atoms with van der Waals surface area (Å²) in [6, 6.07) is 14.2. The highest BCUT2D eigenvalue weighted by Gasteiger charge is 2.14. The van der Waals surface area contributed by atoms with Crippen LogP contribution in [0, 0.1) is 12.3 Å². The molecular formula is C18H16N2O2S2. The number of benzene rings is 2. The van der Waals surface area contributed by atoms with Crippen LogP contribution in [0.15, 0.2) is 57.8 Å². The van der Waals surface area contributed by atoms with E-state index in [0.29, 0.717) is 4.80 Å². The topological polar surface area (TPSA) is 51.4 Å². The highest BCUT2D eigenvalue weighted by atomic mass is 32.2. The Balaban J connectivity index is 2.25. The number of fused-ring (bicyclic) bond motifs is 1. The molecule has 0 N–H and O–H groups in total. The van der Waals surface area contributed by atoms with Crippen LogP contribution in [0.3, 0.4) is 0 Å². The van der Waals surface area contributed by atoms with E-state index >= 15 is 0 Å². The fourth-order valence-electron chi connectivity index (χ4n) is 2.40. The largest absolute Gasteiger partial charge is 0.304 e. The fourth-order valence-corrected chi connectivity index (χ4v) is 4.72. The zero-order chi connectivity index (χ0) is 17.2. The summed E-state index contributed by atoms with van der Waals surface area (Å²) in [7, 11) is -3.77. The van der Waals surface area contributed by atoms with Crippen molar-refractivity contribution in [2.45, 2.75) is 24.8 Å². The van der Waals surface area contributed by atoms with E-state index in [4.69, 9.17) is 6.42 Å². The Bertz CT molecular complexity index is 1090. The molecule has 0 bridgehead atoms. The van der Waals surface area contributed by atoms with Crippen LogP contribution in [0.1, 0.15) is 12.5 Å². The zero-order valence-electron chi connectivity index (χ0n) is 13.1. The van der Waals surface area contributed by atoms with Crippen LogP contribution in [0.2, 0.25) is 0 Å². The number of thiazole rings is 1. The van der Waals surface area contributed by atoms with E-state index in [0.717, 1.165) is 16.6 Å². The minimum absolute atomic E-state index is 0.170. The van der Waals surface area contributed by atoms with Crippen molar-refractivity contribution in [1.82, 2.24) is 4.57 Å². The van der Waals surface area contributed by atoms with Gasteiger partial charge in [0.2, 0.25) is 4.80 Å². The number of aromatic nitrogens is 1. The van der Waals surface area contributed by atoms with Crippen molar-refractivity contribution in [1.29, 1.82) is 0 Å². The molecule has 0 aliphatic heterocycles. The predicted octanol–water partition coefficient (Wildman–Crippen LogP) is 3.19. The van der Waals surface area contributed by atoms with E-state index in [-0.39, 0.29) is 11.4 Å². The van der Waals surface area contributed by atoms with Gasteiger partial charge in [0.1, 0.15) is 0 Å². The molecule has 0 spiro atoms. The smallest absolute Gasteiger partial charge is 0.285 e. The zero-order valence-corrected chi connectivity index (χ0v) is 14.8. The molecule has 0 aliphatic rings. The standard InChI is InChI=1S/C18H16N2O2S2/c1-3-12-20-16-11-10-14(4-2)13-17(16)23-18(20)19-24(21,22)15-8-6-5-7-9-15/h1,5-11,13H,4,12H2,2H3/b19-18-. The SMILES string of the molecule is C#CCn1/c(=N/S(=O)(=O)c2ccccc2)sc2cc(CC)ccc21. The number of terminal acetylenes is 1. The second-order valence-electron chi connectivity index (χ2n) is 5.21. The van der Waals surface area contributed by atoms with E-state index in [2.05, 4.69) is 23.3 Å². The summed E-state index contributed by atoms with van der Waals surface area (Å²) in [5, 5.41) is 0. The van der Waals surface area contributed by atoms with Gasteiger partial charge < -0.3 is 4.57 Å². The van der Waals surface area contributed by atoms with Gasteiger partial charge >= 0.3 is 0 Å². The first-order valence-corrected chi connectivity index (χ1v) is 9.72. The van der Waals surface area contributed by atoms with Crippen molar-refractivity contribution < 1.29 is 8.42 Å². The molecule has 0 fully saturated rings. The third-order valence-electron chi connectivity index (χ3n) is 3.64. The summed E-state index contributed by atoms with van der Waals surface area (Å²) in [5.41, 5.74) is 2.09. The Morgan fingerprint density at radius 2 is 1.96 bits per heavy atom. The molecule has 4 nitrogen and oxygen atoms in total. The van der Waals surface area contributed by atoms with Crippen LogP contribution in [-0.4, -0.2) is 13.0 Å². The molecule has 24 heavy (non-hydrogen) atoms. The maximum atomic E-state index is 12.5. The van der Waals surface area contributed by atoms with Crippen LogP contribution < -0.4 is 4.80 Å². The van der Waals surface area contributed by atoms with E-state index in [1.165, 1.54) is 29.0 Å². The van der Waals surface area contributed by atoms with Gasteiger partial charge in [-0.3, -0.25) is 0 Å². The van der Waals surface area contributed by atoms with Crippen LogP contribution >= 0.6 is 11.3 Å². The van der Waals surface area contributed by atoms with Gasteiger partial charge in [0, 0.05) is 0 Å². The van der Waals surface area contributed by atoms with Crippen LogP contribution in [-0.2, 0) is 23.0 Å². The van der Waals surface area contributed by atoms with E-state index in [9.17, 15) is 8.42 Å². The molecule has 0 amide bonds. The average molecular weight is 356 g/mol. The van der Waals surface area contributed by atoms with Gasteiger partial charge in [0.25, 0.3) is 10.0 Å². The van der Waals surface area contributed by atoms with E-state index < -0.39 is 10.0 Å². The molecule has 3 aromatic rings. The lowest BCUT2D eigenvalue weighted by Gasteiger charge is -2.01. The quantitative estimate of drug-likeness (QED) is 0.674. The lowest BCUT2D eigenvalue weighted by Crippen LogP contribution is -2.16. The molecular weight excluding hydrogens is 340 g/mol. The average Bonchev–Trinajstić information content (AvgIpc) is 2.92.